The first-order chi connectivity index (χ1) is 6.54. The number of rotatable bonds is 3. The molecule has 0 saturated heterocycles. The summed E-state index contributed by atoms with van der Waals surface area (Å²) < 4.78 is 5.05. The lowest BCUT2D eigenvalue weighted by Gasteiger charge is -2.09. The summed E-state index contributed by atoms with van der Waals surface area (Å²) in [6.07, 6.45) is 0. The molecule has 1 aromatic carbocycles. The van der Waals surface area contributed by atoms with Crippen molar-refractivity contribution in [3.05, 3.63) is 28.8 Å². The summed E-state index contributed by atoms with van der Waals surface area (Å²) >= 11 is 9.15. The second-order valence-electron chi connectivity index (χ2n) is 2.90. The van der Waals surface area contributed by atoms with Gasteiger partial charge in [0.05, 0.1) is 11.9 Å². The minimum atomic E-state index is -0.324. The number of halogens is 2. The fraction of sp³-hybridized carbons (Fsp3) is 0.300. The van der Waals surface area contributed by atoms with Gasteiger partial charge in [0.15, 0.2) is 0 Å². The minimum Gasteiger partial charge on any atom is -0.497 e. The van der Waals surface area contributed by atoms with Crippen LogP contribution in [0.5, 0.6) is 5.75 Å². The van der Waals surface area contributed by atoms with Crippen LogP contribution >= 0.6 is 27.5 Å². The smallest absolute Gasteiger partial charge is 0.147 e. The molecule has 14 heavy (non-hydrogen) atoms. The van der Waals surface area contributed by atoms with Crippen LogP contribution in [0.4, 0.5) is 0 Å². The van der Waals surface area contributed by atoms with Crippen LogP contribution in [0.3, 0.4) is 0 Å². The van der Waals surface area contributed by atoms with Crippen molar-refractivity contribution in [1.82, 2.24) is 0 Å². The normalized spacial score (nSPS) is 12.3. The first-order valence-corrected chi connectivity index (χ1v) is 5.33. The Bertz CT molecular complexity index is 352. The van der Waals surface area contributed by atoms with E-state index in [4.69, 9.17) is 16.3 Å². The third-order valence-electron chi connectivity index (χ3n) is 1.78. The van der Waals surface area contributed by atoms with E-state index in [2.05, 4.69) is 15.9 Å². The third kappa shape index (κ3) is 2.72. The van der Waals surface area contributed by atoms with Crippen LogP contribution in [0.25, 0.3) is 0 Å². The molecule has 1 rings (SSSR count). The Labute approximate surface area is 96.3 Å². The van der Waals surface area contributed by atoms with E-state index in [1.165, 1.54) is 6.92 Å². The van der Waals surface area contributed by atoms with Gasteiger partial charge in [-0.25, -0.2) is 0 Å². The lowest BCUT2D eigenvalue weighted by atomic mass is 10.1. The second kappa shape index (κ2) is 4.80. The van der Waals surface area contributed by atoms with E-state index in [1.807, 2.05) is 0 Å². The molecule has 0 fully saturated rings. The van der Waals surface area contributed by atoms with Crippen molar-refractivity contribution >= 4 is 33.3 Å². The van der Waals surface area contributed by atoms with Gasteiger partial charge in [0.1, 0.15) is 11.5 Å². The second-order valence-corrected chi connectivity index (χ2v) is 4.25. The molecule has 0 aliphatic heterocycles. The fourth-order valence-electron chi connectivity index (χ4n) is 1.08. The summed E-state index contributed by atoms with van der Waals surface area (Å²) in [7, 11) is 1.56. The van der Waals surface area contributed by atoms with Gasteiger partial charge in [-0.2, -0.15) is 0 Å². The Morgan fingerprint density at radius 3 is 2.64 bits per heavy atom. The zero-order valence-electron chi connectivity index (χ0n) is 7.88. The highest BCUT2D eigenvalue weighted by atomic mass is 79.9. The Hall–Kier alpha value is -0.540. The Balaban J connectivity index is 3.08. The van der Waals surface area contributed by atoms with E-state index in [0.717, 1.165) is 5.56 Å². The molecule has 0 heterocycles. The van der Waals surface area contributed by atoms with Crippen molar-refractivity contribution in [2.45, 2.75) is 11.8 Å². The van der Waals surface area contributed by atoms with E-state index >= 15 is 0 Å². The molecule has 4 heteroatoms. The zero-order chi connectivity index (χ0) is 10.7. The number of ketones is 1. The Kier molecular flexibility index (Phi) is 3.96. The summed E-state index contributed by atoms with van der Waals surface area (Å²) in [5.41, 5.74) is 0.807. The van der Waals surface area contributed by atoms with Gasteiger partial charge in [-0.1, -0.05) is 27.5 Å². The van der Waals surface area contributed by atoms with Crippen LogP contribution in [0.1, 0.15) is 17.3 Å². The zero-order valence-corrected chi connectivity index (χ0v) is 10.2. The van der Waals surface area contributed by atoms with Crippen LogP contribution in [-0.2, 0) is 4.79 Å². The lowest BCUT2D eigenvalue weighted by molar-refractivity contribution is -0.116. The maximum absolute atomic E-state index is 11.1. The molecular formula is C10H10BrClO2. The van der Waals surface area contributed by atoms with Gasteiger partial charge in [0.25, 0.3) is 0 Å². The number of ether oxygens (including phenoxy) is 1. The number of hydrogen-bond acceptors (Lipinski definition) is 2. The average molecular weight is 278 g/mol. The summed E-state index contributed by atoms with van der Waals surface area (Å²) in [6.45, 7) is 1.52. The molecule has 0 radical (unpaired) electrons. The average Bonchev–Trinajstić information content (AvgIpc) is 2.15. The molecule has 0 spiro atoms. The van der Waals surface area contributed by atoms with Crippen molar-refractivity contribution in [1.29, 1.82) is 0 Å². The van der Waals surface area contributed by atoms with E-state index in [1.54, 1.807) is 25.3 Å². The van der Waals surface area contributed by atoms with Crippen LogP contribution in [0.2, 0.25) is 5.02 Å². The maximum atomic E-state index is 11.1. The molecule has 1 aromatic rings. The predicted molar refractivity (Wildman–Crippen MR) is 60.4 cm³/mol. The molecular weight excluding hydrogens is 267 g/mol. The molecule has 0 saturated carbocycles. The number of methoxy groups -OCH3 is 1. The van der Waals surface area contributed by atoms with Crippen LogP contribution in [0, 0.1) is 0 Å². The van der Waals surface area contributed by atoms with Crippen LogP contribution in [0.15, 0.2) is 18.2 Å². The van der Waals surface area contributed by atoms with Gasteiger partial charge in [-0.05, 0) is 30.7 Å². The summed E-state index contributed by atoms with van der Waals surface area (Å²) in [4.78, 5) is 10.8. The van der Waals surface area contributed by atoms with Crippen LogP contribution in [-0.4, -0.2) is 12.9 Å². The molecule has 1 unspecified atom stereocenters. The van der Waals surface area contributed by atoms with E-state index < -0.39 is 0 Å². The highest BCUT2D eigenvalue weighted by molar-refractivity contribution is 9.09. The fourth-order valence-corrected chi connectivity index (χ4v) is 1.58. The van der Waals surface area contributed by atoms with Crippen LogP contribution < -0.4 is 4.74 Å². The maximum Gasteiger partial charge on any atom is 0.147 e. The Morgan fingerprint density at radius 2 is 2.14 bits per heavy atom. The highest BCUT2D eigenvalue weighted by Crippen LogP contribution is 2.29. The monoisotopic (exact) mass is 276 g/mol. The molecule has 0 bridgehead atoms. The quantitative estimate of drug-likeness (QED) is 0.792. The van der Waals surface area contributed by atoms with Gasteiger partial charge in [-0.3, -0.25) is 4.79 Å². The molecule has 0 amide bonds. The summed E-state index contributed by atoms with van der Waals surface area (Å²) in [5.74, 6) is 0.688. The van der Waals surface area contributed by atoms with Crippen molar-refractivity contribution < 1.29 is 9.53 Å². The summed E-state index contributed by atoms with van der Waals surface area (Å²) in [6, 6.07) is 5.22. The van der Waals surface area contributed by atoms with Gasteiger partial charge < -0.3 is 4.74 Å². The number of alkyl halides is 1. The minimum absolute atomic E-state index is 0.0364. The van der Waals surface area contributed by atoms with Crippen molar-refractivity contribution in [2.24, 2.45) is 0 Å². The van der Waals surface area contributed by atoms with Gasteiger partial charge >= 0.3 is 0 Å². The van der Waals surface area contributed by atoms with E-state index in [-0.39, 0.29) is 10.6 Å². The topological polar surface area (TPSA) is 26.3 Å². The third-order valence-corrected chi connectivity index (χ3v) is 3.17. The summed E-state index contributed by atoms with van der Waals surface area (Å²) in [5, 5.41) is 0.560. The van der Waals surface area contributed by atoms with Gasteiger partial charge in [-0.15, -0.1) is 0 Å². The molecule has 76 valence electrons. The van der Waals surface area contributed by atoms with Crippen molar-refractivity contribution in [3.63, 3.8) is 0 Å². The van der Waals surface area contributed by atoms with E-state index in [9.17, 15) is 4.79 Å². The number of carbonyl (C=O) groups is 1. The molecule has 0 aliphatic carbocycles. The highest BCUT2D eigenvalue weighted by Gasteiger charge is 2.13. The first kappa shape index (κ1) is 11.5. The predicted octanol–water partition coefficient (Wildman–Crippen LogP) is 3.37. The molecule has 2 nitrogen and oxygen atoms in total. The first-order valence-electron chi connectivity index (χ1n) is 4.03. The van der Waals surface area contributed by atoms with Crippen molar-refractivity contribution in [3.8, 4) is 5.75 Å². The standard InChI is InChI=1S/C10H10BrClO2/c1-6(13)10(11)7-3-8(12)5-9(4-7)14-2/h3-5,10H,1-2H3. The van der Waals surface area contributed by atoms with E-state index in [0.29, 0.717) is 10.8 Å². The molecule has 1 atom stereocenters. The number of Topliss-reactive ketones (excluding diaryl/α,β-unsaturated/α-hetero) is 1. The lowest BCUT2D eigenvalue weighted by Crippen LogP contribution is -2.01. The number of benzene rings is 1. The Morgan fingerprint density at radius 1 is 1.50 bits per heavy atom. The molecule has 0 N–H and O–H groups in total. The molecule has 0 aromatic heterocycles. The van der Waals surface area contributed by atoms with Crippen molar-refractivity contribution in [2.75, 3.05) is 7.11 Å². The van der Waals surface area contributed by atoms with Gasteiger partial charge in [0, 0.05) is 5.02 Å². The number of hydrogen-bond donors (Lipinski definition) is 0. The van der Waals surface area contributed by atoms with Gasteiger partial charge in [0.2, 0.25) is 0 Å². The number of carbonyl (C=O) groups excluding carboxylic acids is 1. The molecule has 0 aliphatic rings. The SMILES string of the molecule is COc1cc(Cl)cc(C(Br)C(C)=O)c1. The largest absolute Gasteiger partial charge is 0.497 e.